The maximum absolute atomic E-state index is 12.6. The number of ether oxygens (including phenoxy) is 4. The van der Waals surface area contributed by atoms with E-state index in [0.29, 0.717) is 17.8 Å². The molecular formula is C86H176O8. The molecule has 12 aliphatic carbocycles. The number of hydrogen-bond acceptors (Lipinski definition) is 8. The minimum Gasteiger partial charge on any atom is -0.459 e. The number of carbonyl (C=O) groups excluding carboxylic acids is 4. The Balaban J connectivity index is -0.000000258. The summed E-state index contributed by atoms with van der Waals surface area (Å²) in [5, 5.41) is 0. The van der Waals surface area contributed by atoms with Gasteiger partial charge < -0.3 is 18.9 Å². The van der Waals surface area contributed by atoms with Crippen molar-refractivity contribution in [3.63, 3.8) is 0 Å². The Labute approximate surface area is 592 Å². The third-order valence-corrected chi connectivity index (χ3v) is 24.9. The SMILES string of the molecule is C.C.C.C.C.C.C.C.CC.CC.CC.CC.CCC(C)(C)C(=O)OC(C)(C)C12CC3CC(CC(C3)C1)C2.CCC(C)(C)C(=O)OC1(C)C2CC3CC(C2)CC1C3.CCC(C)(C)C(=O)OC1(C)CCC2CCCCC2C1.CCC(C)(C)C(=O)OC1(C)CCCC2CCCCC21. The minimum absolute atomic E-state index is 0. The summed E-state index contributed by atoms with van der Waals surface area (Å²) < 4.78 is 24.3. The summed E-state index contributed by atoms with van der Waals surface area (Å²) in [6, 6.07) is 0. The number of hydrogen-bond donors (Lipinski definition) is 0. The maximum Gasteiger partial charge on any atom is 0.312 e. The summed E-state index contributed by atoms with van der Waals surface area (Å²) >= 11 is 0. The van der Waals surface area contributed by atoms with E-state index in [2.05, 4.69) is 62.3 Å². The molecule has 0 radical (unpaired) electrons. The van der Waals surface area contributed by atoms with Crippen LogP contribution in [0.25, 0.3) is 0 Å². The van der Waals surface area contributed by atoms with Gasteiger partial charge in [-0.2, -0.15) is 0 Å². The molecule has 94 heavy (non-hydrogen) atoms. The zero-order chi connectivity index (χ0) is 65.5. The number of rotatable bonds is 13. The third-order valence-electron chi connectivity index (χ3n) is 24.9. The standard InChI is InChI=1S/C19H32O2.C17H28O2.2C17H30O2.4C2H6.8CH4/c1-6-17(2,3)16(20)21-18(4,5)19-10-13-7-14(11-19)9-15(8-13)12-19;1-5-16(2,3)15(18)19-17(4)13-7-11-6-12(9-13)10-14(17)8-11;1-5-16(2,3)15(18)19-17(4)12-8-10-13-9-6-7-11-14(13)17;1-5-16(2,3)15(18)19-17(4)11-10-13-8-6-7-9-14(13)12-17;4*1-2;;;;;;;;/h13-15H,6-12H2,1-5H3;11-14H,5-10H2,1-4H3;2*13-14H,5-12H2,1-4H3;4*1-2H3;8*1H4. The van der Waals surface area contributed by atoms with Gasteiger partial charge in [-0.25, -0.2) is 0 Å². The summed E-state index contributed by atoms with van der Waals surface area (Å²) in [7, 11) is 0. The van der Waals surface area contributed by atoms with Crippen LogP contribution in [0, 0.1) is 92.2 Å². The molecule has 0 N–H and O–H groups in total. The molecule has 0 aliphatic heterocycles. The van der Waals surface area contributed by atoms with E-state index >= 15 is 0 Å². The van der Waals surface area contributed by atoms with Gasteiger partial charge in [0.2, 0.25) is 0 Å². The van der Waals surface area contributed by atoms with E-state index in [0.717, 1.165) is 92.3 Å². The van der Waals surface area contributed by atoms with Crippen LogP contribution in [-0.2, 0) is 38.1 Å². The fraction of sp³-hybridized carbons (Fsp3) is 0.953. The van der Waals surface area contributed by atoms with Gasteiger partial charge in [-0.05, 0) is 290 Å². The molecule has 0 amide bonds. The first-order valence-electron chi connectivity index (χ1n) is 37.2. The van der Waals surface area contributed by atoms with Crippen LogP contribution in [0.2, 0.25) is 0 Å². The highest BCUT2D eigenvalue weighted by molar-refractivity contribution is 5.77. The van der Waals surface area contributed by atoms with Crippen LogP contribution in [0.4, 0.5) is 0 Å². The van der Waals surface area contributed by atoms with E-state index in [1.54, 1.807) is 0 Å². The highest BCUT2D eigenvalue weighted by Gasteiger charge is 2.60. The Morgan fingerprint density at radius 3 is 1.10 bits per heavy atom. The summed E-state index contributed by atoms with van der Waals surface area (Å²) in [6.07, 6.45) is 35.9. The zero-order valence-corrected chi connectivity index (χ0v) is 61.6. The van der Waals surface area contributed by atoms with Crippen LogP contribution in [0.15, 0.2) is 0 Å². The Kier molecular flexibility index (Phi) is 47.6. The molecule has 12 aliphatic rings. The molecular weight excluding hydrogens is 1160 g/mol. The molecule has 8 nitrogen and oxygen atoms in total. The molecule has 8 bridgehead atoms. The highest BCUT2D eigenvalue weighted by Crippen LogP contribution is 2.65. The van der Waals surface area contributed by atoms with Crippen molar-refractivity contribution >= 4 is 23.9 Å². The summed E-state index contributed by atoms with van der Waals surface area (Å²) in [6.45, 7) is 51.2. The van der Waals surface area contributed by atoms with Crippen LogP contribution < -0.4 is 0 Å². The van der Waals surface area contributed by atoms with Gasteiger partial charge in [-0.15, -0.1) is 0 Å². The second-order valence-corrected chi connectivity index (χ2v) is 32.6. The van der Waals surface area contributed by atoms with E-state index in [9.17, 15) is 19.2 Å². The van der Waals surface area contributed by atoms with Gasteiger partial charge >= 0.3 is 23.9 Å². The van der Waals surface area contributed by atoms with Crippen molar-refractivity contribution < 1.29 is 38.1 Å². The highest BCUT2D eigenvalue weighted by atomic mass is 16.6. The first-order chi connectivity index (χ1) is 40.3. The van der Waals surface area contributed by atoms with Gasteiger partial charge in [-0.3, -0.25) is 19.2 Å². The molecule has 6 atom stereocenters. The minimum atomic E-state index is -0.362. The van der Waals surface area contributed by atoms with Crippen molar-refractivity contribution in [1.82, 2.24) is 0 Å². The van der Waals surface area contributed by atoms with Crippen LogP contribution in [0.1, 0.15) is 419 Å². The van der Waals surface area contributed by atoms with Gasteiger partial charge in [0.05, 0.1) is 21.7 Å². The fourth-order valence-corrected chi connectivity index (χ4v) is 17.8. The van der Waals surface area contributed by atoms with Gasteiger partial charge in [0.25, 0.3) is 0 Å². The van der Waals surface area contributed by atoms with Crippen molar-refractivity contribution in [3.05, 3.63) is 0 Å². The van der Waals surface area contributed by atoms with Crippen molar-refractivity contribution in [1.29, 1.82) is 0 Å². The normalized spacial score (nSPS) is 32.2. The molecule has 0 heterocycles. The van der Waals surface area contributed by atoms with Crippen LogP contribution >= 0.6 is 0 Å². The second kappa shape index (κ2) is 43.5. The van der Waals surface area contributed by atoms with Crippen molar-refractivity contribution in [2.75, 3.05) is 0 Å². The number of esters is 4. The first kappa shape index (κ1) is 103. The average Bonchev–Trinajstić information content (AvgIpc) is 0.737. The predicted octanol–water partition coefficient (Wildman–Crippen LogP) is 27.8. The Morgan fingerprint density at radius 2 is 0.691 bits per heavy atom. The summed E-state index contributed by atoms with van der Waals surface area (Å²) in [4.78, 5) is 49.8. The van der Waals surface area contributed by atoms with Gasteiger partial charge in [-0.1, -0.05) is 187 Å². The van der Waals surface area contributed by atoms with E-state index in [-0.39, 0.29) is 133 Å². The topological polar surface area (TPSA) is 105 Å². The van der Waals surface area contributed by atoms with Crippen molar-refractivity contribution in [2.45, 2.75) is 441 Å². The molecule has 6 unspecified atom stereocenters. The molecule has 12 fully saturated rings. The summed E-state index contributed by atoms with van der Waals surface area (Å²) in [5.41, 5.74) is -2.02. The average molecular weight is 1340 g/mol. The Hall–Kier alpha value is -2.12. The van der Waals surface area contributed by atoms with Gasteiger partial charge in [0.15, 0.2) is 0 Å². The molecule has 0 aromatic carbocycles. The third kappa shape index (κ3) is 25.2. The molecule has 12 rings (SSSR count). The van der Waals surface area contributed by atoms with E-state index < -0.39 is 0 Å². The molecule has 12 saturated carbocycles. The molecule has 8 heteroatoms. The van der Waals surface area contributed by atoms with Gasteiger partial charge in [0.1, 0.15) is 22.4 Å². The lowest BCUT2D eigenvalue weighted by atomic mass is 9.46. The number of fused-ring (bicyclic) bond motifs is 2. The lowest BCUT2D eigenvalue weighted by Crippen LogP contribution is -2.58. The van der Waals surface area contributed by atoms with Crippen molar-refractivity contribution in [2.24, 2.45) is 92.2 Å². The largest absolute Gasteiger partial charge is 0.459 e. The second-order valence-electron chi connectivity index (χ2n) is 32.6. The van der Waals surface area contributed by atoms with E-state index in [1.807, 2.05) is 111 Å². The Bertz CT molecular complexity index is 1990. The molecule has 568 valence electrons. The Morgan fingerprint density at radius 1 is 0.362 bits per heavy atom. The van der Waals surface area contributed by atoms with Crippen molar-refractivity contribution in [3.8, 4) is 0 Å². The molecule has 0 aromatic rings. The van der Waals surface area contributed by atoms with Gasteiger partial charge in [0, 0.05) is 11.3 Å². The first-order valence-corrected chi connectivity index (χ1v) is 37.2. The maximum atomic E-state index is 12.6. The summed E-state index contributed by atoms with van der Waals surface area (Å²) in [5.74, 6) is 8.89. The monoisotopic (exact) mass is 1340 g/mol. The van der Waals surface area contributed by atoms with Crippen LogP contribution in [-0.4, -0.2) is 46.3 Å². The molecule has 0 saturated heterocycles. The quantitative estimate of drug-likeness (QED) is 0.133. The molecule has 0 aromatic heterocycles. The predicted molar refractivity (Wildman–Crippen MR) is 415 cm³/mol. The smallest absolute Gasteiger partial charge is 0.312 e. The van der Waals surface area contributed by atoms with E-state index in [1.165, 1.54) is 141 Å². The lowest BCUT2D eigenvalue weighted by molar-refractivity contribution is -0.211. The van der Waals surface area contributed by atoms with Crippen LogP contribution in [0.3, 0.4) is 0 Å². The fourth-order valence-electron chi connectivity index (χ4n) is 17.8. The zero-order valence-electron chi connectivity index (χ0n) is 61.6. The van der Waals surface area contributed by atoms with E-state index in [4.69, 9.17) is 18.9 Å². The molecule has 0 spiro atoms. The van der Waals surface area contributed by atoms with Crippen LogP contribution in [0.5, 0.6) is 0 Å². The lowest BCUT2D eigenvalue weighted by Gasteiger charge is -2.61. The number of carbonyl (C=O) groups is 4.